The van der Waals surface area contributed by atoms with Crippen LogP contribution in [-0.4, -0.2) is 5.11 Å². The quantitative estimate of drug-likeness (QED) is 0.911. The highest BCUT2D eigenvalue weighted by Gasteiger charge is 2.02. The molecular weight excluding hydrogens is 238 g/mol. The number of ether oxygens (including phenoxy) is 1. The molecule has 96 valence electrons. The van der Waals surface area contributed by atoms with E-state index in [4.69, 9.17) is 15.1 Å². The molecule has 2 aromatic rings. The summed E-state index contributed by atoms with van der Waals surface area (Å²) in [5, 5.41) is 17.8. The predicted octanol–water partition coefficient (Wildman–Crippen LogP) is 2.94. The first-order valence-corrected chi connectivity index (χ1v) is 6.05. The van der Waals surface area contributed by atoms with E-state index in [1.165, 1.54) is 0 Å². The second kappa shape index (κ2) is 6.03. The lowest BCUT2D eigenvalue weighted by atomic mass is 10.1. The van der Waals surface area contributed by atoms with Gasteiger partial charge in [0.05, 0.1) is 18.2 Å². The van der Waals surface area contributed by atoms with Gasteiger partial charge in [-0.1, -0.05) is 30.3 Å². The van der Waals surface area contributed by atoms with Crippen molar-refractivity contribution in [1.29, 1.82) is 5.26 Å². The van der Waals surface area contributed by atoms with Crippen LogP contribution in [0.2, 0.25) is 0 Å². The zero-order valence-electron chi connectivity index (χ0n) is 10.8. The van der Waals surface area contributed by atoms with Crippen LogP contribution in [0.3, 0.4) is 0 Å². The molecule has 3 nitrogen and oxygen atoms in total. The Morgan fingerprint density at radius 2 is 1.79 bits per heavy atom. The minimum atomic E-state index is 0.0461. The summed E-state index contributed by atoms with van der Waals surface area (Å²) in [7, 11) is 0. The van der Waals surface area contributed by atoms with Gasteiger partial charge in [0.15, 0.2) is 0 Å². The monoisotopic (exact) mass is 253 g/mol. The number of hydrogen-bond acceptors (Lipinski definition) is 3. The second-order valence-electron chi connectivity index (χ2n) is 4.36. The van der Waals surface area contributed by atoms with E-state index in [1.54, 1.807) is 12.1 Å². The van der Waals surface area contributed by atoms with Crippen molar-refractivity contribution in [2.24, 2.45) is 0 Å². The minimum Gasteiger partial charge on any atom is -0.489 e. The third-order valence-electron chi connectivity index (χ3n) is 2.92. The fourth-order valence-corrected chi connectivity index (χ4v) is 1.73. The molecule has 0 aromatic heterocycles. The average Bonchev–Trinajstić information content (AvgIpc) is 2.47. The molecule has 3 heteroatoms. The number of hydrogen-bond donors (Lipinski definition) is 1. The zero-order chi connectivity index (χ0) is 13.7. The molecule has 0 fully saturated rings. The summed E-state index contributed by atoms with van der Waals surface area (Å²) in [5.41, 5.74) is 3.51. The van der Waals surface area contributed by atoms with Gasteiger partial charge < -0.3 is 9.84 Å². The van der Waals surface area contributed by atoms with Crippen molar-refractivity contribution in [2.45, 2.75) is 20.1 Å². The van der Waals surface area contributed by atoms with Crippen LogP contribution in [0.15, 0.2) is 42.5 Å². The fourth-order valence-electron chi connectivity index (χ4n) is 1.73. The molecule has 0 spiro atoms. The molecule has 0 unspecified atom stereocenters. The van der Waals surface area contributed by atoms with Gasteiger partial charge in [0, 0.05) is 0 Å². The predicted molar refractivity (Wildman–Crippen MR) is 72.6 cm³/mol. The highest BCUT2D eigenvalue weighted by Crippen LogP contribution is 2.20. The van der Waals surface area contributed by atoms with Crippen LogP contribution in [0.1, 0.15) is 22.3 Å². The van der Waals surface area contributed by atoms with Gasteiger partial charge >= 0.3 is 0 Å². The van der Waals surface area contributed by atoms with Crippen LogP contribution in [-0.2, 0) is 13.2 Å². The third kappa shape index (κ3) is 3.34. The summed E-state index contributed by atoms with van der Waals surface area (Å²) in [5.74, 6) is 0.727. The molecule has 0 saturated heterocycles. The normalized spacial score (nSPS) is 9.95. The molecular formula is C16H15NO2. The van der Waals surface area contributed by atoms with Gasteiger partial charge in [-0.3, -0.25) is 0 Å². The minimum absolute atomic E-state index is 0.0461. The Kier molecular flexibility index (Phi) is 4.17. The number of aryl methyl sites for hydroxylation is 1. The molecule has 1 N–H and O–H groups in total. The molecule has 2 aromatic carbocycles. The van der Waals surface area contributed by atoms with E-state index in [1.807, 2.05) is 37.3 Å². The largest absolute Gasteiger partial charge is 0.489 e. The van der Waals surface area contributed by atoms with Crippen LogP contribution in [0, 0.1) is 18.3 Å². The maximum Gasteiger partial charge on any atom is 0.124 e. The van der Waals surface area contributed by atoms with E-state index in [2.05, 4.69) is 6.07 Å². The van der Waals surface area contributed by atoms with Crippen molar-refractivity contribution in [3.05, 3.63) is 64.7 Å². The number of aliphatic hydroxyl groups is 1. The summed E-state index contributed by atoms with van der Waals surface area (Å²) in [6, 6.07) is 15.1. The smallest absolute Gasteiger partial charge is 0.124 e. The molecule has 0 heterocycles. The Balaban J connectivity index is 2.07. The zero-order valence-corrected chi connectivity index (χ0v) is 10.8. The SMILES string of the molecule is Cc1ccc(C#N)cc1OCc1ccc(CO)cc1. The maximum absolute atomic E-state index is 8.97. The lowest BCUT2D eigenvalue weighted by Gasteiger charge is -2.09. The summed E-state index contributed by atoms with van der Waals surface area (Å²) < 4.78 is 5.73. The van der Waals surface area contributed by atoms with Gasteiger partial charge in [-0.05, 0) is 35.7 Å². The van der Waals surface area contributed by atoms with Crippen LogP contribution in [0.4, 0.5) is 0 Å². The lowest BCUT2D eigenvalue weighted by molar-refractivity contribution is 0.281. The topological polar surface area (TPSA) is 53.2 Å². The van der Waals surface area contributed by atoms with Crippen molar-refractivity contribution in [3.63, 3.8) is 0 Å². The number of aliphatic hydroxyl groups excluding tert-OH is 1. The van der Waals surface area contributed by atoms with E-state index in [-0.39, 0.29) is 6.61 Å². The van der Waals surface area contributed by atoms with Gasteiger partial charge in [-0.2, -0.15) is 5.26 Å². The molecule has 0 aliphatic rings. The molecule has 19 heavy (non-hydrogen) atoms. The molecule has 0 aliphatic heterocycles. The van der Waals surface area contributed by atoms with E-state index in [9.17, 15) is 0 Å². The first-order chi connectivity index (χ1) is 9.22. The summed E-state index contributed by atoms with van der Waals surface area (Å²) in [6.45, 7) is 2.44. The number of nitrogens with zero attached hydrogens (tertiary/aromatic N) is 1. The standard InChI is InChI=1S/C16H15NO2/c1-12-2-3-15(9-17)8-16(12)19-11-14-6-4-13(10-18)5-7-14/h2-8,18H,10-11H2,1H3. The molecule has 0 radical (unpaired) electrons. The molecule has 0 bridgehead atoms. The molecule has 0 atom stereocenters. The fraction of sp³-hybridized carbons (Fsp3) is 0.188. The van der Waals surface area contributed by atoms with Crippen molar-refractivity contribution >= 4 is 0 Å². The van der Waals surface area contributed by atoms with Gasteiger partial charge in [0.2, 0.25) is 0 Å². The Labute approximate surface area is 112 Å². The van der Waals surface area contributed by atoms with Crippen LogP contribution < -0.4 is 4.74 Å². The maximum atomic E-state index is 8.97. The molecule has 0 saturated carbocycles. The number of rotatable bonds is 4. The van der Waals surface area contributed by atoms with Gasteiger partial charge in [-0.25, -0.2) is 0 Å². The highest BCUT2D eigenvalue weighted by molar-refractivity contribution is 5.41. The second-order valence-corrected chi connectivity index (χ2v) is 4.36. The third-order valence-corrected chi connectivity index (χ3v) is 2.92. The lowest BCUT2D eigenvalue weighted by Crippen LogP contribution is -1.98. The van der Waals surface area contributed by atoms with Crippen molar-refractivity contribution < 1.29 is 9.84 Å². The Morgan fingerprint density at radius 1 is 1.11 bits per heavy atom. The first-order valence-electron chi connectivity index (χ1n) is 6.05. The summed E-state index contributed by atoms with van der Waals surface area (Å²) in [4.78, 5) is 0. The van der Waals surface area contributed by atoms with E-state index in [0.717, 1.165) is 22.4 Å². The molecule has 0 aliphatic carbocycles. The Hall–Kier alpha value is -2.31. The van der Waals surface area contributed by atoms with Crippen molar-refractivity contribution in [2.75, 3.05) is 0 Å². The average molecular weight is 253 g/mol. The summed E-state index contributed by atoms with van der Waals surface area (Å²) >= 11 is 0. The van der Waals surface area contributed by atoms with Crippen LogP contribution >= 0.6 is 0 Å². The number of nitriles is 1. The van der Waals surface area contributed by atoms with Crippen molar-refractivity contribution in [3.8, 4) is 11.8 Å². The Bertz CT molecular complexity index is 597. The highest BCUT2D eigenvalue weighted by atomic mass is 16.5. The Morgan fingerprint density at radius 3 is 2.42 bits per heavy atom. The molecule has 2 rings (SSSR count). The first kappa shape index (κ1) is 13.1. The van der Waals surface area contributed by atoms with Gasteiger partial charge in [0.1, 0.15) is 12.4 Å². The van der Waals surface area contributed by atoms with Gasteiger partial charge in [0.25, 0.3) is 0 Å². The van der Waals surface area contributed by atoms with Gasteiger partial charge in [-0.15, -0.1) is 0 Å². The van der Waals surface area contributed by atoms with E-state index < -0.39 is 0 Å². The molecule has 0 amide bonds. The number of benzene rings is 2. The summed E-state index contributed by atoms with van der Waals surface area (Å²) in [6.07, 6.45) is 0. The van der Waals surface area contributed by atoms with Crippen LogP contribution in [0.5, 0.6) is 5.75 Å². The van der Waals surface area contributed by atoms with Crippen molar-refractivity contribution in [1.82, 2.24) is 0 Å². The van der Waals surface area contributed by atoms with E-state index in [0.29, 0.717) is 12.2 Å². The van der Waals surface area contributed by atoms with Crippen LogP contribution in [0.25, 0.3) is 0 Å². The van der Waals surface area contributed by atoms with E-state index >= 15 is 0 Å².